The summed E-state index contributed by atoms with van der Waals surface area (Å²) in [6, 6.07) is -0.475. The van der Waals surface area contributed by atoms with Gasteiger partial charge in [-0.1, -0.05) is 33.1 Å². The molecule has 0 saturated heterocycles. The highest BCUT2D eigenvalue weighted by molar-refractivity contribution is 5.87. The van der Waals surface area contributed by atoms with Gasteiger partial charge in [0.2, 0.25) is 12.0 Å². The van der Waals surface area contributed by atoms with E-state index in [1.54, 1.807) is 6.26 Å². The van der Waals surface area contributed by atoms with Gasteiger partial charge in [0.05, 0.1) is 13.2 Å². The van der Waals surface area contributed by atoms with E-state index in [1.807, 2.05) is 13.8 Å². The summed E-state index contributed by atoms with van der Waals surface area (Å²) in [6.45, 7) is 5.61. The van der Waals surface area contributed by atoms with Gasteiger partial charge in [0.15, 0.2) is 0 Å². The lowest BCUT2D eigenvalue weighted by molar-refractivity contribution is 0.147. The summed E-state index contributed by atoms with van der Waals surface area (Å²) in [6.07, 6.45) is 9.48. The molecule has 0 unspecified atom stereocenters. The summed E-state index contributed by atoms with van der Waals surface area (Å²) < 4.78 is 9.80. The van der Waals surface area contributed by atoms with Crippen LogP contribution >= 0.6 is 0 Å². The number of nitrogens with zero attached hydrogens (tertiary/aromatic N) is 3. The standard InChI is InChI=1S/C25H39N7O6/c1-19(2)21-20(11-16-38-25(36)29-14-9-5-6-10-15-37-17-26)22(34)31-23(30-21)32-24(35)28-13-8-4-3-7-12-27-18-33/h19H,3-16H2,1-2H3,(H,29,36)(H3,28,30,31,32,34,35). The molecule has 0 aliphatic rings. The zero-order chi connectivity index (χ0) is 28.0. The number of urea groups is 1. The fraction of sp³-hybridized carbons (Fsp3) is 0.680. The minimum atomic E-state index is -0.558. The van der Waals surface area contributed by atoms with Gasteiger partial charge in [-0.3, -0.25) is 10.1 Å². The SMILES string of the molecule is CC(C)c1[nH]c(NC(=O)NCCCCCCN=C=O)nc(=O)c1CCOC(=O)NCCCCCCOC#N. The highest BCUT2D eigenvalue weighted by Crippen LogP contribution is 2.16. The second-order valence-electron chi connectivity index (χ2n) is 8.87. The zero-order valence-electron chi connectivity index (χ0n) is 22.3. The molecule has 1 aromatic rings. The van der Waals surface area contributed by atoms with E-state index >= 15 is 0 Å². The lowest BCUT2D eigenvalue weighted by Crippen LogP contribution is -2.32. The van der Waals surface area contributed by atoms with Crippen molar-refractivity contribution in [3.05, 3.63) is 21.6 Å². The van der Waals surface area contributed by atoms with Gasteiger partial charge < -0.3 is 25.1 Å². The number of nitrogens with one attached hydrogen (secondary N) is 4. The van der Waals surface area contributed by atoms with E-state index in [1.165, 1.54) is 6.08 Å². The molecule has 1 rings (SSSR count). The van der Waals surface area contributed by atoms with Crippen molar-refractivity contribution in [2.24, 2.45) is 4.99 Å². The van der Waals surface area contributed by atoms with Gasteiger partial charge in [-0.15, -0.1) is 0 Å². The van der Waals surface area contributed by atoms with E-state index in [0.717, 1.165) is 51.4 Å². The predicted molar refractivity (Wildman–Crippen MR) is 141 cm³/mol. The highest BCUT2D eigenvalue weighted by atomic mass is 16.5. The molecule has 4 N–H and O–H groups in total. The van der Waals surface area contributed by atoms with Crippen LogP contribution in [-0.4, -0.2) is 61.0 Å². The molecule has 0 saturated carbocycles. The van der Waals surface area contributed by atoms with Crippen LogP contribution in [0.4, 0.5) is 15.5 Å². The molecule has 0 aliphatic carbocycles. The average Bonchev–Trinajstić information content (AvgIpc) is 2.88. The Morgan fingerprint density at radius 2 is 1.71 bits per heavy atom. The number of H-pyrrole nitrogens is 1. The highest BCUT2D eigenvalue weighted by Gasteiger charge is 2.16. The third kappa shape index (κ3) is 14.6. The molecule has 0 fully saturated rings. The van der Waals surface area contributed by atoms with Crippen LogP contribution in [0.3, 0.4) is 0 Å². The van der Waals surface area contributed by atoms with Gasteiger partial charge >= 0.3 is 12.1 Å². The van der Waals surface area contributed by atoms with Crippen molar-refractivity contribution in [3.8, 4) is 6.26 Å². The summed E-state index contributed by atoms with van der Waals surface area (Å²) in [5.74, 6) is -0.00947. The maximum absolute atomic E-state index is 12.7. The largest absolute Gasteiger partial charge is 0.449 e. The molecule has 13 heteroatoms. The fourth-order valence-electron chi connectivity index (χ4n) is 3.56. The molecule has 0 spiro atoms. The third-order valence-electron chi connectivity index (χ3n) is 5.50. The summed E-state index contributed by atoms with van der Waals surface area (Å²) in [4.78, 5) is 57.2. The molecule has 0 aromatic carbocycles. The van der Waals surface area contributed by atoms with E-state index in [4.69, 9.17) is 10.00 Å². The molecule has 38 heavy (non-hydrogen) atoms. The Balaban J connectivity index is 2.42. The minimum absolute atomic E-state index is 0.0105. The Bertz CT molecular complexity index is 999. The Morgan fingerprint density at radius 3 is 2.39 bits per heavy atom. The Hall–Kier alpha value is -3.91. The van der Waals surface area contributed by atoms with Gasteiger partial charge in [-0.25, -0.2) is 19.4 Å². The van der Waals surface area contributed by atoms with E-state index in [0.29, 0.717) is 37.5 Å². The second kappa shape index (κ2) is 20.2. The number of ether oxygens (including phenoxy) is 2. The molecule has 0 radical (unpaired) electrons. The number of rotatable bonds is 19. The zero-order valence-corrected chi connectivity index (χ0v) is 22.3. The van der Waals surface area contributed by atoms with Crippen LogP contribution in [0.5, 0.6) is 0 Å². The van der Waals surface area contributed by atoms with Crippen molar-refractivity contribution >= 4 is 24.2 Å². The molecular formula is C25H39N7O6. The normalized spacial score (nSPS) is 10.3. The lowest BCUT2D eigenvalue weighted by atomic mass is 10.0. The summed E-state index contributed by atoms with van der Waals surface area (Å²) >= 11 is 0. The molecule has 3 amide bonds. The van der Waals surface area contributed by atoms with Crippen molar-refractivity contribution in [1.29, 1.82) is 5.26 Å². The molecule has 13 nitrogen and oxygen atoms in total. The molecule has 1 heterocycles. The molecule has 210 valence electrons. The van der Waals surface area contributed by atoms with Crippen molar-refractivity contribution < 1.29 is 23.9 Å². The van der Waals surface area contributed by atoms with Crippen molar-refractivity contribution in [2.45, 2.75) is 77.6 Å². The van der Waals surface area contributed by atoms with Gasteiger partial charge in [0.1, 0.15) is 6.61 Å². The first-order valence-corrected chi connectivity index (χ1v) is 13.0. The number of nitriles is 1. The number of unbranched alkanes of at least 4 members (excludes halogenated alkanes) is 6. The molecule has 0 atom stereocenters. The van der Waals surface area contributed by atoms with E-state index < -0.39 is 17.7 Å². The topological polar surface area (TPSA) is 188 Å². The van der Waals surface area contributed by atoms with Crippen molar-refractivity contribution in [1.82, 2.24) is 20.6 Å². The number of hydrogen-bond acceptors (Lipinski definition) is 9. The predicted octanol–water partition coefficient (Wildman–Crippen LogP) is 3.24. The molecule has 0 aliphatic heterocycles. The number of anilines is 1. The van der Waals surface area contributed by atoms with E-state index in [2.05, 4.69) is 35.6 Å². The number of isocyanates is 1. The Morgan fingerprint density at radius 1 is 1.03 bits per heavy atom. The van der Waals surface area contributed by atoms with Crippen LogP contribution in [0.1, 0.15) is 82.4 Å². The fourth-order valence-corrected chi connectivity index (χ4v) is 3.56. The minimum Gasteiger partial charge on any atom is -0.449 e. The van der Waals surface area contributed by atoms with Crippen LogP contribution in [0.2, 0.25) is 0 Å². The monoisotopic (exact) mass is 533 g/mol. The van der Waals surface area contributed by atoms with Gasteiger partial charge in [0, 0.05) is 30.8 Å². The first-order valence-electron chi connectivity index (χ1n) is 13.0. The second-order valence-corrected chi connectivity index (χ2v) is 8.87. The van der Waals surface area contributed by atoms with Crippen molar-refractivity contribution in [2.75, 3.05) is 38.2 Å². The van der Waals surface area contributed by atoms with Crippen LogP contribution in [0.25, 0.3) is 0 Å². The van der Waals surface area contributed by atoms with Gasteiger partial charge in [-0.2, -0.15) is 10.2 Å². The number of aromatic amines is 1. The number of alkyl carbamates (subject to hydrolysis) is 1. The molecular weight excluding hydrogens is 494 g/mol. The van der Waals surface area contributed by atoms with Crippen LogP contribution in [0.15, 0.2) is 9.79 Å². The van der Waals surface area contributed by atoms with Gasteiger partial charge in [0.25, 0.3) is 11.8 Å². The summed E-state index contributed by atoms with van der Waals surface area (Å²) in [5.41, 5.74) is 0.519. The van der Waals surface area contributed by atoms with E-state index in [-0.39, 0.29) is 24.9 Å². The number of carbonyl (C=O) groups excluding carboxylic acids is 3. The first kappa shape index (κ1) is 32.1. The van der Waals surface area contributed by atoms with Crippen LogP contribution < -0.4 is 21.5 Å². The quantitative estimate of drug-likeness (QED) is 0.0902. The number of hydrogen-bond donors (Lipinski definition) is 4. The van der Waals surface area contributed by atoms with Crippen LogP contribution in [0, 0.1) is 11.5 Å². The summed E-state index contributed by atoms with van der Waals surface area (Å²) in [7, 11) is 0. The maximum atomic E-state index is 12.7. The number of amides is 3. The molecule has 0 bridgehead atoms. The Labute approximate surface area is 222 Å². The first-order chi connectivity index (χ1) is 18.4. The van der Waals surface area contributed by atoms with E-state index in [9.17, 15) is 19.2 Å². The third-order valence-corrected chi connectivity index (χ3v) is 5.50. The number of carbonyl (C=O) groups is 2. The average molecular weight is 534 g/mol. The molecule has 1 aromatic heterocycles. The smallest absolute Gasteiger partial charge is 0.407 e. The summed E-state index contributed by atoms with van der Waals surface area (Å²) in [5, 5.41) is 16.2. The van der Waals surface area contributed by atoms with Gasteiger partial charge in [-0.05, 0) is 38.0 Å². The lowest BCUT2D eigenvalue weighted by Gasteiger charge is -2.15. The Kier molecular flexibility index (Phi) is 17.1. The number of aliphatic imine (C=N–C) groups is 1. The number of aromatic nitrogens is 2. The van der Waals surface area contributed by atoms with Crippen LogP contribution in [-0.2, 0) is 20.7 Å². The maximum Gasteiger partial charge on any atom is 0.407 e. The van der Waals surface area contributed by atoms with Crippen molar-refractivity contribution in [3.63, 3.8) is 0 Å².